The molecule has 1 atom stereocenters. The zero-order valence-corrected chi connectivity index (χ0v) is 14.4. The summed E-state index contributed by atoms with van der Waals surface area (Å²) in [4.78, 5) is 13.3. The minimum Gasteiger partial charge on any atom is -0.481 e. The van der Waals surface area contributed by atoms with Crippen LogP contribution in [0.25, 0.3) is 0 Å². The zero-order valence-electron chi connectivity index (χ0n) is 12.8. The number of aryl methyl sites for hydroxylation is 1. The largest absolute Gasteiger partial charge is 0.481 e. The first kappa shape index (κ1) is 18.0. The molecular formula is C16H25BrN2O2. The molecule has 0 aliphatic rings. The molecule has 1 aromatic carbocycles. The van der Waals surface area contributed by atoms with Crippen molar-refractivity contribution in [3.63, 3.8) is 0 Å². The quantitative estimate of drug-likeness (QED) is 0.667. The summed E-state index contributed by atoms with van der Waals surface area (Å²) in [7, 11) is 0. The van der Waals surface area contributed by atoms with E-state index in [4.69, 9.17) is 10.8 Å². The molecule has 0 bridgehead atoms. The van der Waals surface area contributed by atoms with Crippen molar-refractivity contribution >= 4 is 27.6 Å². The third-order valence-electron chi connectivity index (χ3n) is 3.62. The van der Waals surface area contributed by atoms with Gasteiger partial charge in [-0.05, 0) is 43.1 Å². The Kier molecular flexibility index (Phi) is 7.75. The van der Waals surface area contributed by atoms with Crippen molar-refractivity contribution in [1.29, 1.82) is 0 Å². The number of nitrogens with zero attached hydrogens (tertiary/aromatic N) is 1. The number of rotatable bonds is 9. The normalized spacial score (nSPS) is 12.2. The number of hydrogen-bond donors (Lipinski definition) is 2. The molecule has 1 unspecified atom stereocenters. The van der Waals surface area contributed by atoms with E-state index in [9.17, 15) is 4.79 Å². The second-order valence-electron chi connectivity index (χ2n) is 5.25. The molecule has 0 heterocycles. The van der Waals surface area contributed by atoms with Gasteiger partial charge in [-0.2, -0.15) is 0 Å². The van der Waals surface area contributed by atoms with Crippen LogP contribution in [0.15, 0.2) is 18.2 Å². The predicted octanol–water partition coefficient (Wildman–Crippen LogP) is 3.12. The number of anilines is 1. The lowest BCUT2D eigenvalue weighted by atomic mass is 9.91. The molecule has 3 N–H and O–H groups in total. The number of carboxylic acid groups (broad SMARTS) is 1. The van der Waals surface area contributed by atoms with E-state index in [1.165, 1.54) is 0 Å². The van der Waals surface area contributed by atoms with Gasteiger partial charge >= 0.3 is 5.97 Å². The highest BCUT2D eigenvalue weighted by Crippen LogP contribution is 2.27. The molecule has 1 aromatic rings. The molecule has 0 amide bonds. The van der Waals surface area contributed by atoms with Crippen LogP contribution in [0.2, 0.25) is 0 Å². The smallest absolute Gasteiger partial charge is 0.304 e. The molecule has 0 saturated heterocycles. The van der Waals surface area contributed by atoms with E-state index in [-0.39, 0.29) is 12.3 Å². The van der Waals surface area contributed by atoms with Crippen molar-refractivity contribution in [3.05, 3.63) is 29.3 Å². The number of benzene rings is 1. The van der Waals surface area contributed by atoms with Crippen LogP contribution in [0.4, 0.5) is 5.69 Å². The van der Waals surface area contributed by atoms with Crippen molar-refractivity contribution < 1.29 is 9.90 Å². The van der Waals surface area contributed by atoms with Gasteiger partial charge in [0.25, 0.3) is 0 Å². The third-order valence-corrected chi connectivity index (χ3v) is 3.98. The summed E-state index contributed by atoms with van der Waals surface area (Å²) in [5.74, 6) is -0.934. The lowest BCUT2D eigenvalue weighted by Crippen LogP contribution is -2.26. The number of halogens is 1. The lowest BCUT2D eigenvalue weighted by molar-refractivity contribution is -0.137. The first-order valence-corrected chi connectivity index (χ1v) is 8.48. The Morgan fingerprint density at radius 1 is 1.43 bits per heavy atom. The van der Waals surface area contributed by atoms with Crippen LogP contribution < -0.4 is 10.6 Å². The monoisotopic (exact) mass is 356 g/mol. The fraction of sp³-hybridized carbons (Fsp3) is 0.562. The second-order valence-corrected chi connectivity index (χ2v) is 6.04. The topological polar surface area (TPSA) is 66.6 Å². The Labute approximate surface area is 135 Å². The van der Waals surface area contributed by atoms with Gasteiger partial charge in [-0.15, -0.1) is 0 Å². The van der Waals surface area contributed by atoms with E-state index in [0.717, 1.165) is 41.7 Å². The summed E-state index contributed by atoms with van der Waals surface area (Å²) < 4.78 is 0. The molecular weight excluding hydrogens is 332 g/mol. The molecule has 1 rings (SSSR count). The molecule has 118 valence electrons. The molecule has 4 nitrogen and oxygen atoms in total. The summed E-state index contributed by atoms with van der Waals surface area (Å²) in [6.45, 7) is 6.44. The Morgan fingerprint density at radius 3 is 2.67 bits per heavy atom. The Morgan fingerprint density at radius 2 is 2.14 bits per heavy atom. The minimum absolute atomic E-state index is 0.0764. The highest BCUT2D eigenvalue weighted by Gasteiger charge is 2.17. The van der Waals surface area contributed by atoms with Gasteiger partial charge in [0.2, 0.25) is 0 Å². The molecule has 5 heteroatoms. The lowest BCUT2D eigenvalue weighted by Gasteiger charge is -2.26. The molecule has 0 aromatic heterocycles. The van der Waals surface area contributed by atoms with Crippen LogP contribution in [0, 0.1) is 6.92 Å². The Bertz CT molecular complexity index is 460. The molecule has 0 fully saturated rings. The fourth-order valence-electron chi connectivity index (χ4n) is 2.54. The van der Waals surface area contributed by atoms with E-state index >= 15 is 0 Å². The molecule has 0 aliphatic carbocycles. The van der Waals surface area contributed by atoms with Gasteiger partial charge in [0, 0.05) is 30.0 Å². The van der Waals surface area contributed by atoms with Crippen molar-refractivity contribution in [1.82, 2.24) is 0 Å². The van der Waals surface area contributed by atoms with Gasteiger partial charge < -0.3 is 15.7 Å². The van der Waals surface area contributed by atoms with Gasteiger partial charge in [0.05, 0.1) is 6.42 Å². The molecule has 0 radical (unpaired) electrons. The maximum absolute atomic E-state index is 11.0. The summed E-state index contributed by atoms with van der Waals surface area (Å²) in [6, 6.07) is 6.27. The molecule has 0 saturated carbocycles. The van der Waals surface area contributed by atoms with E-state index in [0.29, 0.717) is 6.54 Å². The van der Waals surface area contributed by atoms with Gasteiger partial charge in [0.15, 0.2) is 0 Å². The van der Waals surface area contributed by atoms with Crippen LogP contribution in [0.5, 0.6) is 0 Å². The fourth-order valence-corrected chi connectivity index (χ4v) is 2.97. The summed E-state index contributed by atoms with van der Waals surface area (Å²) in [6.07, 6.45) is 1.15. The van der Waals surface area contributed by atoms with Crippen molar-refractivity contribution in [3.8, 4) is 0 Å². The van der Waals surface area contributed by atoms with Gasteiger partial charge in [0.1, 0.15) is 0 Å². The first-order valence-electron chi connectivity index (χ1n) is 7.36. The van der Waals surface area contributed by atoms with Crippen LogP contribution >= 0.6 is 15.9 Å². The van der Waals surface area contributed by atoms with Crippen LogP contribution in [0.1, 0.15) is 36.8 Å². The molecule has 21 heavy (non-hydrogen) atoms. The zero-order chi connectivity index (χ0) is 15.8. The maximum Gasteiger partial charge on any atom is 0.304 e. The maximum atomic E-state index is 11.0. The minimum atomic E-state index is -0.805. The molecule has 0 spiro atoms. The first-order chi connectivity index (χ1) is 10.0. The van der Waals surface area contributed by atoms with Crippen LogP contribution in [-0.2, 0) is 4.79 Å². The van der Waals surface area contributed by atoms with Crippen LogP contribution in [-0.4, -0.2) is 36.0 Å². The Balaban J connectivity index is 3.09. The predicted molar refractivity (Wildman–Crippen MR) is 91.5 cm³/mol. The Hall–Kier alpha value is -1.07. The van der Waals surface area contributed by atoms with E-state index in [2.05, 4.69) is 46.0 Å². The standard InChI is InChI=1S/C16H25BrN2O2/c1-3-7-19(8-6-17)14-5-4-12(2)15(10-14)13(11-18)9-16(20)21/h4-5,10,13H,3,6-9,11,18H2,1-2H3,(H,20,21). The summed E-state index contributed by atoms with van der Waals surface area (Å²) in [5, 5.41) is 9.95. The SMILES string of the molecule is CCCN(CCBr)c1ccc(C)c(C(CN)CC(=O)O)c1. The number of hydrogen-bond acceptors (Lipinski definition) is 3. The van der Waals surface area contributed by atoms with E-state index < -0.39 is 5.97 Å². The molecule has 0 aliphatic heterocycles. The average molecular weight is 357 g/mol. The van der Waals surface area contributed by atoms with E-state index in [1.807, 2.05) is 6.92 Å². The summed E-state index contributed by atoms with van der Waals surface area (Å²) >= 11 is 3.49. The van der Waals surface area contributed by atoms with Gasteiger partial charge in [-0.3, -0.25) is 4.79 Å². The number of aliphatic carboxylic acids is 1. The number of carboxylic acids is 1. The highest BCUT2D eigenvalue weighted by molar-refractivity contribution is 9.09. The number of carbonyl (C=O) groups is 1. The van der Waals surface area contributed by atoms with Crippen molar-refractivity contribution in [2.75, 3.05) is 29.9 Å². The van der Waals surface area contributed by atoms with Crippen molar-refractivity contribution in [2.45, 2.75) is 32.6 Å². The summed E-state index contributed by atoms with van der Waals surface area (Å²) in [5.41, 5.74) is 9.07. The van der Waals surface area contributed by atoms with Gasteiger partial charge in [-0.25, -0.2) is 0 Å². The number of alkyl halides is 1. The second kappa shape index (κ2) is 9.05. The number of nitrogens with two attached hydrogens (primary N) is 1. The van der Waals surface area contributed by atoms with Gasteiger partial charge in [-0.1, -0.05) is 28.9 Å². The van der Waals surface area contributed by atoms with E-state index in [1.54, 1.807) is 0 Å². The highest BCUT2D eigenvalue weighted by atomic mass is 79.9. The van der Waals surface area contributed by atoms with Crippen LogP contribution in [0.3, 0.4) is 0 Å². The van der Waals surface area contributed by atoms with Crippen molar-refractivity contribution in [2.24, 2.45) is 5.73 Å². The average Bonchev–Trinajstić information content (AvgIpc) is 2.45. The third kappa shape index (κ3) is 5.32.